The van der Waals surface area contributed by atoms with Crippen molar-refractivity contribution in [3.8, 4) is 0 Å². The van der Waals surface area contributed by atoms with Gasteiger partial charge < -0.3 is 15.1 Å². The first kappa shape index (κ1) is 17.6. The average molecular weight is 338 g/mol. The number of nitrogens with one attached hydrogen (secondary N) is 1. The Hall–Kier alpha value is -1.75. The number of halogens is 1. The van der Waals surface area contributed by atoms with Gasteiger partial charge in [0.1, 0.15) is 0 Å². The summed E-state index contributed by atoms with van der Waals surface area (Å²) >= 11 is 5.96. The third-order valence-corrected chi connectivity index (χ3v) is 4.14. The van der Waals surface area contributed by atoms with Crippen LogP contribution in [0.2, 0.25) is 5.02 Å². The summed E-state index contributed by atoms with van der Waals surface area (Å²) < 4.78 is 0. The van der Waals surface area contributed by atoms with E-state index in [0.29, 0.717) is 44.2 Å². The van der Waals surface area contributed by atoms with E-state index in [-0.39, 0.29) is 11.9 Å². The molecule has 3 amide bonds. The van der Waals surface area contributed by atoms with Gasteiger partial charge in [0.2, 0.25) is 5.91 Å². The van der Waals surface area contributed by atoms with Gasteiger partial charge in [-0.05, 0) is 30.5 Å². The van der Waals surface area contributed by atoms with Crippen LogP contribution in [0.4, 0.5) is 4.79 Å². The van der Waals surface area contributed by atoms with Crippen LogP contribution in [0.5, 0.6) is 0 Å². The van der Waals surface area contributed by atoms with Crippen LogP contribution in [-0.2, 0) is 11.2 Å². The Morgan fingerprint density at radius 1 is 1.17 bits per heavy atom. The summed E-state index contributed by atoms with van der Waals surface area (Å²) in [5, 5.41) is 3.53. The summed E-state index contributed by atoms with van der Waals surface area (Å²) in [4.78, 5) is 28.1. The van der Waals surface area contributed by atoms with Gasteiger partial charge >= 0.3 is 6.03 Å². The van der Waals surface area contributed by atoms with E-state index in [0.717, 1.165) is 18.4 Å². The molecular weight excluding hydrogens is 314 g/mol. The van der Waals surface area contributed by atoms with Gasteiger partial charge in [-0.1, -0.05) is 30.7 Å². The number of rotatable bonds is 4. The highest BCUT2D eigenvalue weighted by Gasteiger charge is 2.21. The number of amides is 3. The molecule has 0 saturated carbocycles. The summed E-state index contributed by atoms with van der Waals surface area (Å²) in [6, 6.07) is 7.35. The minimum absolute atomic E-state index is 0.0315. The van der Waals surface area contributed by atoms with Gasteiger partial charge in [0.15, 0.2) is 0 Å². The zero-order chi connectivity index (χ0) is 16.7. The van der Waals surface area contributed by atoms with Crippen LogP contribution in [-0.4, -0.2) is 54.5 Å². The standard InChI is InChI=1S/C17H24ClN3O2/c1-2-7-19-17(23)21-9-4-8-20(10-11-21)16(22)13-14-5-3-6-15(18)12-14/h3,5-6,12H,2,4,7-11,13H2,1H3,(H,19,23). The number of benzene rings is 1. The van der Waals surface area contributed by atoms with Gasteiger partial charge in [-0.15, -0.1) is 0 Å². The molecule has 126 valence electrons. The smallest absolute Gasteiger partial charge is 0.317 e. The molecule has 0 aliphatic carbocycles. The molecule has 5 nitrogen and oxygen atoms in total. The number of hydrogen-bond acceptors (Lipinski definition) is 2. The average Bonchev–Trinajstić information content (AvgIpc) is 2.78. The highest BCUT2D eigenvalue weighted by molar-refractivity contribution is 6.30. The lowest BCUT2D eigenvalue weighted by molar-refractivity contribution is -0.130. The van der Waals surface area contributed by atoms with Crippen molar-refractivity contribution < 1.29 is 9.59 Å². The van der Waals surface area contributed by atoms with E-state index in [1.54, 1.807) is 11.0 Å². The highest BCUT2D eigenvalue weighted by Crippen LogP contribution is 2.13. The molecule has 1 aromatic carbocycles. The molecule has 1 aromatic rings. The molecule has 2 rings (SSSR count). The molecule has 1 heterocycles. The van der Waals surface area contributed by atoms with Gasteiger partial charge in [-0.25, -0.2) is 4.79 Å². The second-order valence-corrected chi connectivity index (χ2v) is 6.20. The lowest BCUT2D eigenvalue weighted by Gasteiger charge is -2.22. The van der Waals surface area contributed by atoms with Gasteiger partial charge in [-0.3, -0.25) is 4.79 Å². The van der Waals surface area contributed by atoms with Crippen molar-refractivity contribution in [1.82, 2.24) is 15.1 Å². The van der Waals surface area contributed by atoms with Crippen molar-refractivity contribution in [3.63, 3.8) is 0 Å². The molecule has 0 radical (unpaired) electrons. The number of nitrogens with zero attached hydrogens (tertiary/aromatic N) is 2. The fraction of sp³-hybridized carbons (Fsp3) is 0.529. The Kier molecular flexibility index (Phi) is 6.71. The number of hydrogen-bond donors (Lipinski definition) is 1. The maximum atomic E-state index is 12.4. The van der Waals surface area contributed by atoms with Crippen LogP contribution in [0.25, 0.3) is 0 Å². The Morgan fingerprint density at radius 2 is 1.91 bits per heavy atom. The maximum Gasteiger partial charge on any atom is 0.317 e. The van der Waals surface area contributed by atoms with E-state index in [1.807, 2.05) is 30.0 Å². The molecule has 0 atom stereocenters. The van der Waals surface area contributed by atoms with Crippen LogP contribution >= 0.6 is 11.6 Å². The largest absolute Gasteiger partial charge is 0.341 e. The minimum Gasteiger partial charge on any atom is -0.341 e. The van der Waals surface area contributed by atoms with E-state index in [4.69, 9.17) is 11.6 Å². The molecular formula is C17H24ClN3O2. The fourth-order valence-electron chi connectivity index (χ4n) is 2.65. The second kappa shape index (κ2) is 8.77. The molecule has 1 aliphatic heterocycles. The summed E-state index contributed by atoms with van der Waals surface area (Å²) in [6.45, 7) is 5.26. The number of urea groups is 1. The second-order valence-electron chi connectivity index (χ2n) is 5.76. The van der Waals surface area contributed by atoms with Gasteiger partial charge in [0.05, 0.1) is 6.42 Å². The monoisotopic (exact) mass is 337 g/mol. The van der Waals surface area contributed by atoms with Crippen LogP contribution in [0.1, 0.15) is 25.3 Å². The molecule has 0 bridgehead atoms. The number of carbonyl (C=O) groups excluding carboxylic acids is 2. The predicted molar refractivity (Wildman–Crippen MR) is 91.6 cm³/mol. The third kappa shape index (κ3) is 5.43. The van der Waals surface area contributed by atoms with Crippen molar-refractivity contribution in [2.75, 3.05) is 32.7 Å². The van der Waals surface area contributed by atoms with Crippen molar-refractivity contribution in [2.24, 2.45) is 0 Å². The number of carbonyl (C=O) groups is 2. The molecule has 1 N–H and O–H groups in total. The predicted octanol–water partition coefficient (Wildman–Crippen LogP) is 2.54. The quantitative estimate of drug-likeness (QED) is 0.918. The molecule has 1 saturated heterocycles. The highest BCUT2D eigenvalue weighted by atomic mass is 35.5. The molecule has 23 heavy (non-hydrogen) atoms. The molecule has 0 unspecified atom stereocenters. The first-order chi connectivity index (χ1) is 11.1. The lowest BCUT2D eigenvalue weighted by atomic mass is 10.1. The van der Waals surface area contributed by atoms with E-state index in [1.165, 1.54) is 0 Å². The van der Waals surface area contributed by atoms with Gasteiger partial charge in [0.25, 0.3) is 0 Å². The van der Waals surface area contributed by atoms with Crippen LogP contribution < -0.4 is 5.32 Å². The zero-order valence-electron chi connectivity index (χ0n) is 13.6. The molecule has 6 heteroatoms. The van der Waals surface area contributed by atoms with E-state index in [9.17, 15) is 9.59 Å². The maximum absolute atomic E-state index is 12.4. The molecule has 1 fully saturated rings. The topological polar surface area (TPSA) is 52.7 Å². The SMILES string of the molecule is CCCNC(=O)N1CCCN(C(=O)Cc2cccc(Cl)c2)CC1. The summed E-state index contributed by atoms with van der Waals surface area (Å²) in [5.41, 5.74) is 0.921. The molecule has 0 aromatic heterocycles. The van der Waals surface area contributed by atoms with Crippen molar-refractivity contribution in [3.05, 3.63) is 34.9 Å². The van der Waals surface area contributed by atoms with Crippen molar-refractivity contribution in [1.29, 1.82) is 0 Å². The Balaban J connectivity index is 1.87. The molecule has 0 spiro atoms. The first-order valence-corrected chi connectivity index (χ1v) is 8.53. The first-order valence-electron chi connectivity index (χ1n) is 8.15. The van der Waals surface area contributed by atoms with E-state index >= 15 is 0 Å². The summed E-state index contributed by atoms with van der Waals surface area (Å²) in [6.07, 6.45) is 2.08. The molecule has 1 aliphatic rings. The fourth-order valence-corrected chi connectivity index (χ4v) is 2.86. The van der Waals surface area contributed by atoms with Crippen molar-refractivity contribution in [2.45, 2.75) is 26.2 Å². The normalized spacial score (nSPS) is 15.2. The summed E-state index contributed by atoms with van der Waals surface area (Å²) in [5.74, 6) is 0.0862. The summed E-state index contributed by atoms with van der Waals surface area (Å²) in [7, 11) is 0. The van der Waals surface area contributed by atoms with E-state index < -0.39 is 0 Å². The van der Waals surface area contributed by atoms with E-state index in [2.05, 4.69) is 5.32 Å². The third-order valence-electron chi connectivity index (χ3n) is 3.91. The van der Waals surface area contributed by atoms with Gasteiger partial charge in [0, 0.05) is 37.7 Å². The Morgan fingerprint density at radius 3 is 2.65 bits per heavy atom. The van der Waals surface area contributed by atoms with Crippen LogP contribution in [0, 0.1) is 0 Å². The van der Waals surface area contributed by atoms with Gasteiger partial charge in [-0.2, -0.15) is 0 Å². The van der Waals surface area contributed by atoms with Crippen molar-refractivity contribution >= 4 is 23.5 Å². The van der Waals surface area contributed by atoms with Crippen LogP contribution in [0.15, 0.2) is 24.3 Å². The lowest BCUT2D eigenvalue weighted by Crippen LogP contribution is -2.43. The Bertz CT molecular complexity index is 550. The minimum atomic E-state index is -0.0315. The Labute approximate surface area is 142 Å². The zero-order valence-corrected chi connectivity index (χ0v) is 14.3. The van der Waals surface area contributed by atoms with Crippen LogP contribution in [0.3, 0.4) is 0 Å².